The topological polar surface area (TPSA) is 60.2 Å². The van der Waals surface area contributed by atoms with Crippen LogP contribution < -0.4 is 4.90 Å². The van der Waals surface area contributed by atoms with E-state index in [1.54, 1.807) is 18.4 Å². The summed E-state index contributed by atoms with van der Waals surface area (Å²) in [6, 6.07) is 11.8. The predicted octanol–water partition coefficient (Wildman–Crippen LogP) is 1.52. The number of piperazine rings is 1. The number of aliphatic hydroxyl groups is 1. The molecule has 0 bridgehead atoms. The first-order chi connectivity index (χ1) is 12.7. The van der Waals surface area contributed by atoms with E-state index in [0.717, 1.165) is 44.8 Å². The van der Waals surface area contributed by atoms with Gasteiger partial charge in [0.05, 0.1) is 12.8 Å². The van der Waals surface area contributed by atoms with Gasteiger partial charge in [0, 0.05) is 45.0 Å². The van der Waals surface area contributed by atoms with Crippen LogP contribution in [0.2, 0.25) is 0 Å². The van der Waals surface area contributed by atoms with Gasteiger partial charge in [0.25, 0.3) is 0 Å². The van der Waals surface area contributed by atoms with Crippen molar-refractivity contribution in [3.63, 3.8) is 0 Å². The second-order valence-electron chi connectivity index (χ2n) is 7.03. The number of hydrogen-bond donors (Lipinski definition) is 1. The van der Waals surface area contributed by atoms with Crippen molar-refractivity contribution in [3.8, 4) is 0 Å². The molecule has 1 aromatic carbocycles. The SMILES string of the molecule is O=C(CN1CCN(CC(O)c2ccco2)CC1)N1CCc2ccccc21. The molecule has 6 heteroatoms. The molecule has 1 aromatic heterocycles. The van der Waals surface area contributed by atoms with Crippen LogP contribution in [0, 0.1) is 0 Å². The van der Waals surface area contributed by atoms with Gasteiger partial charge < -0.3 is 14.4 Å². The van der Waals surface area contributed by atoms with Crippen LogP contribution in [0.4, 0.5) is 5.69 Å². The van der Waals surface area contributed by atoms with Gasteiger partial charge in [0.15, 0.2) is 0 Å². The lowest BCUT2D eigenvalue weighted by Gasteiger charge is -2.35. The van der Waals surface area contributed by atoms with E-state index in [1.807, 2.05) is 23.1 Å². The highest BCUT2D eigenvalue weighted by atomic mass is 16.4. The minimum absolute atomic E-state index is 0.180. The first kappa shape index (κ1) is 17.3. The van der Waals surface area contributed by atoms with Crippen molar-refractivity contribution in [3.05, 3.63) is 54.0 Å². The van der Waals surface area contributed by atoms with Gasteiger partial charge in [0.2, 0.25) is 5.91 Å². The molecule has 3 heterocycles. The third-order valence-electron chi connectivity index (χ3n) is 5.31. The number of fused-ring (bicyclic) bond motifs is 1. The van der Waals surface area contributed by atoms with Gasteiger partial charge in [-0.1, -0.05) is 18.2 Å². The molecule has 1 amide bonds. The monoisotopic (exact) mass is 355 g/mol. The van der Waals surface area contributed by atoms with Crippen LogP contribution in [0.1, 0.15) is 17.4 Å². The normalized spacial score (nSPS) is 19.5. The van der Waals surface area contributed by atoms with Crippen molar-refractivity contribution < 1.29 is 14.3 Å². The fourth-order valence-electron chi connectivity index (χ4n) is 3.82. The van der Waals surface area contributed by atoms with Crippen LogP contribution in [-0.2, 0) is 11.2 Å². The van der Waals surface area contributed by atoms with Crippen molar-refractivity contribution in [1.82, 2.24) is 9.80 Å². The number of anilines is 1. The average Bonchev–Trinajstić information content (AvgIpc) is 3.33. The smallest absolute Gasteiger partial charge is 0.241 e. The summed E-state index contributed by atoms with van der Waals surface area (Å²) in [6.07, 6.45) is 1.93. The van der Waals surface area contributed by atoms with Crippen molar-refractivity contribution in [2.24, 2.45) is 0 Å². The maximum atomic E-state index is 12.7. The minimum Gasteiger partial charge on any atom is -0.467 e. The Labute approximate surface area is 153 Å². The Hall–Kier alpha value is -2.15. The molecule has 2 aliphatic rings. The van der Waals surface area contributed by atoms with E-state index >= 15 is 0 Å². The molecule has 0 aliphatic carbocycles. The highest BCUT2D eigenvalue weighted by Gasteiger charge is 2.27. The highest BCUT2D eigenvalue weighted by molar-refractivity contribution is 5.96. The Morgan fingerprint density at radius 2 is 1.81 bits per heavy atom. The van der Waals surface area contributed by atoms with Crippen LogP contribution in [0.15, 0.2) is 47.1 Å². The zero-order valence-corrected chi connectivity index (χ0v) is 14.9. The predicted molar refractivity (Wildman–Crippen MR) is 99.0 cm³/mol. The molecule has 2 aliphatic heterocycles. The maximum absolute atomic E-state index is 12.7. The van der Waals surface area contributed by atoms with Crippen LogP contribution in [0.25, 0.3) is 0 Å². The summed E-state index contributed by atoms with van der Waals surface area (Å²) < 4.78 is 5.26. The number of rotatable bonds is 5. The Morgan fingerprint density at radius 1 is 1.04 bits per heavy atom. The standard InChI is InChI=1S/C20H25N3O3/c24-18(19-6-3-13-26-19)14-21-9-11-22(12-10-21)15-20(25)23-8-7-16-4-1-2-5-17(16)23/h1-6,13,18,24H,7-12,14-15H2. The average molecular weight is 355 g/mol. The number of benzene rings is 1. The van der Waals surface area contributed by atoms with Gasteiger partial charge >= 0.3 is 0 Å². The number of hydrogen-bond acceptors (Lipinski definition) is 5. The molecule has 1 atom stereocenters. The van der Waals surface area contributed by atoms with Crippen molar-refractivity contribution in [2.75, 3.05) is 50.7 Å². The third-order valence-corrected chi connectivity index (χ3v) is 5.31. The molecule has 2 aromatic rings. The quantitative estimate of drug-likeness (QED) is 0.881. The van der Waals surface area contributed by atoms with Crippen molar-refractivity contribution >= 4 is 11.6 Å². The molecule has 0 saturated carbocycles. The first-order valence-corrected chi connectivity index (χ1v) is 9.25. The molecule has 4 rings (SSSR count). The zero-order chi connectivity index (χ0) is 17.9. The summed E-state index contributed by atoms with van der Waals surface area (Å²) in [5, 5.41) is 10.2. The molecule has 1 fully saturated rings. The first-order valence-electron chi connectivity index (χ1n) is 9.25. The van der Waals surface area contributed by atoms with Gasteiger partial charge in [0.1, 0.15) is 11.9 Å². The molecular weight excluding hydrogens is 330 g/mol. The lowest BCUT2D eigenvalue weighted by atomic mass is 10.2. The molecule has 0 radical (unpaired) electrons. The second-order valence-corrected chi connectivity index (χ2v) is 7.03. The van der Waals surface area contributed by atoms with E-state index in [9.17, 15) is 9.90 Å². The summed E-state index contributed by atoms with van der Waals surface area (Å²) in [5.74, 6) is 0.786. The Morgan fingerprint density at radius 3 is 2.58 bits per heavy atom. The zero-order valence-electron chi connectivity index (χ0n) is 14.9. The van der Waals surface area contributed by atoms with E-state index in [-0.39, 0.29) is 5.91 Å². The molecular formula is C20H25N3O3. The molecule has 6 nitrogen and oxygen atoms in total. The number of carbonyl (C=O) groups is 1. The van der Waals surface area contributed by atoms with Crippen LogP contribution >= 0.6 is 0 Å². The van der Waals surface area contributed by atoms with E-state index in [2.05, 4.69) is 15.9 Å². The lowest BCUT2D eigenvalue weighted by Crippen LogP contribution is -2.50. The number of β-amino-alcohol motifs (C(OH)–C–C–N with tert-alkyl or cyclic N) is 1. The van der Waals surface area contributed by atoms with Gasteiger partial charge in [-0.25, -0.2) is 0 Å². The fraction of sp³-hybridized carbons (Fsp3) is 0.450. The molecule has 1 N–H and O–H groups in total. The van der Waals surface area contributed by atoms with Gasteiger partial charge in [-0.15, -0.1) is 0 Å². The summed E-state index contributed by atoms with van der Waals surface area (Å²) in [6.45, 7) is 5.19. The summed E-state index contributed by atoms with van der Waals surface area (Å²) in [4.78, 5) is 19.1. The number of aliphatic hydroxyl groups excluding tert-OH is 1. The Balaban J connectivity index is 1.26. The van der Waals surface area contributed by atoms with Crippen LogP contribution in [0.3, 0.4) is 0 Å². The lowest BCUT2D eigenvalue weighted by molar-refractivity contribution is -0.120. The van der Waals surface area contributed by atoms with Gasteiger partial charge in [-0.05, 0) is 30.2 Å². The van der Waals surface area contributed by atoms with E-state index in [1.165, 1.54) is 5.56 Å². The third kappa shape index (κ3) is 3.67. The highest BCUT2D eigenvalue weighted by Crippen LogP contribution is 2.27. The summed E-state index contributed by atoms with van der Waals surface area (Å²) in [7, 11) is 0. The number of para-hydroxylation sites is 1. The minimum atomic E-state index is -0.598. The van der Waals surface area contributed by atoms with Gasteiger partial charge in [-0.3, -0.25) is 14.6 Å². The van der Waals surface area contributed by atoms with E-state index in [0.29, 0.717) is 18.8 Å². The van der Waals surface area contributed by atoms with Gasteiger partial charge in [-0.2, -0.15) is 0 Å². The van der Waals surface area contributed by atoms with E-state index in [4.69, 9.17) is 4.42 Å². The van der Waals surface area contributed by atoms with E-state index < -0.39 is 6.10 Å². The maximum Gasteiger partial charge on any atom is 0.241 e. The molecule has 138 valence electrons. The molecule has 0 spiro atoms. The molecule has 1 unspecified atom stereocenters. The van der Waals surface area contributed by atoms with Crippen molar-refractivity contribution in [2.45, 2.75) is 12.5 Å². The van der Waals surface area contributed by atoms with Crippen LogP contribution in [-0.4, -0.2) is 66.6 Å². The molecule has 26 heavy (non-hydrogen) atoms. The summed E-state index contributed by atoms with van der Waals surface area (Å²) in [5.41, 5.74) is 2.33. The summed E-state index contributed by atoms with van der Waals surface area (Å²) >= 11 is 0. The largest absolute Gasteiger partial charge is 0.467 e. The Bertz CT molecular complexity index is 739. The van der Waals surface area contributed by atoms with Crippen molar-refractivity contribution in [1.29, 1.82) is 0 Å². The number of furan rings is 1. The number of amides is 1. The fourth-order valence-corrected chi connectivity index (χ4v) is 3.82. The van der Waals surface area contributed by atoms with Crippen LogP contribution in [0.5, 0.6) is 0 Å². The number of carbonyl (C=O) groups excluding carboxylic acids is 1. The molecule has 1 saturated heterocycles. The second kappa shape index (κ2) is 7.61. The number of nitrogens with zero attached hydrogens (tertiary/aromatic N) is 3. The Kier molecular flexibility index (Phi) is 5.06.